The molecule has 0 amide bonds. The van der Waals surface area contributed by atoms with Crippen molar-refractivity contribution in [2.24, 2.45) is 0 Å². The molecule has 0 unspecified atom stereocenters. The number of hydrogen-bond acceptors (Lipinski definition) is 3. The standard InChI is InChI=1S/C18H19N3S2/c1-2-3-11-19-18(22)20-14-8-6-7-13(12-14)17-21-15-9-4-5-10-16(15)23-17/h4-10,12H,2-3,11H2,1H3,(H2,19,20,22). The van der Waals surface area contributed by atoms with Crippen LogP contribution in [0.4, 0.5) is 5.69 Å². The average Bonchev–Trinajstić information content (AvgIpc) is 2.99. The van der Waals surface area contributed by atoms with Crippen LogP contribution in [-0.2, 0) is 0 Å². The average molecular weight is 342 g/mol. The highest BCUT2D eigenvalue weighted by atomic mass is 32.1. The van der Waals surface area contributed by atoms with Crippen molar-refractivity contribution >= 4 is 44.6 Å². The lowest BCUT2D eigenvalue weighted by Gasteiger charge is -2.10. The maximum Gasteiger partial charge on any atom is 0.170 e. The van der Waals surface area contributed by atoms with Crippen LogP contribution in [0.1, 0.15) is 19.8 Å². The number of para-hydroxylation sites is 1. The molecule has 1 aromatic heterocycles. The Morgan fingerprint density at radius 2 is 2.04 bits per heavy atom. The molecule has 3 rings (SSSR count). The van der Waals surface area contributed by atoms with E-state index in [1.54, 1.807) is 11.3 Å². The first kappa shape index (κ1) is 15.9. The van der Waals surface area contributed by atoms with E-state index in [4.69, 9.17) is 17.2 Å². The van der Waals surface area contributed by atoms with E-state index in [0.29, 0.717) is 5.11 Å². The molecule has 0 fully saturated rings. The summed E-state index contributed by atoms with van der Waals surface area (Å²) in [6, 6.07) is 16.4. The minimum atomic E-state index is 0.667. The van der Waals surface area contributed by atoms with Gasteiger partial charge in [0, 0.05) is 17.8 Å². The third-order valence-electron chi connectivity index (χ3n) is 3.48. The number of aromatic nitrogens is 1. The third kappa shape index (κ3) is 4.06. The Bertz CT molecular complexity index is 778. The second-order valence-electron chi connectivity index (χ2n) is 5.30. The summed E-state index contributed by atoms with van der Waals surface area (Å²) in [6.45, 7) is 3.07. The SMILES string of the molecule is CCCCNC(=S)Nc1cccc(-c2nc3ccccc3s2)c1. The summed E-state index contributed by atoms with van der Waals surface area (Å²) >= 11 is 7.03. The summed E-state index contributed by atoms with van der Waals surface area (Å²) in [6.07, 6.45) is 2.27. The van der Waals surface area contributed by atoms with Gasteiger partial charge in [-0.05, 0) is 42.9 Å². The molecule has 0 spiro atoms. The molecule has 2 N–H and O–H groups in total. The van der Waals surface area contributed by atoms with Crippen LogP contribution in [0.5, 0.6) is 0 Å². The number of fused-ring (bicyclic) bond motifs is 1. The lowest BCUT2D eigenvalue weighted by Crippen LogP contribution is -2.29. The van der Waals surface area contributed by atoms with Crippen LogP contribution in [0.3, 0.4) is 0 Å². The number of anilines is 1. The number of rotatable bonds is 5. The van der Waals surface area contributed by atoms with E-state index in [9.17, 15) is 0 Å². The van der Waals surface area contributed by atoms with Gasteiger partial charge in [0.05, 0.1) is 10.2 Å². The molecule has 0 atom stereocenters. The Hall–Kier alpha value is -1.98. The van der Waals surface area contributed by atoms with E-state index in [2.05, 4.69) is 35.8 Å². The van der Waals surface area contributed by atoms with E-state index in [1.165, 1.54) is 4.70 Å². The molecular formula is C18H19N3S2. The van der Waals surface area contributed by atoms with Crippen molar-refractivity contribution in [3.05, 3.63) is 48.5 Å². The highest BCUT2D eigenvalue weighted by molar-refractivity contribution is 7.80. The van der Waals surface area contributed by atoms with Crippen LogP contribution in [-0.4, -0.2) is 16.6 Å². The molecule has 0 aliphatic rings. The highest BCUT2D eigenvalue weighted by Crippen LogP contribution is 2.31. The molecule has 5 heteroatoms. The van der Waals surface area contributed by atoms with Crippen molar-refractivity contribution in [3.8, 4) is 10.6 Å². The number of thiazole rings is 1. The topological polar surface area (TPSA) is 37.0 Å². The van der Waals surface area contributed by atoms with Crippen LogP contribution in [0, 0.1) is 0 Å². The first-order valence-corrected chi connectivity index (χ1v) is 8.99. The van der Waals surface area contributed by atoms with Gasteiger partial charge in [0.25, 0.3) is 0 Å². The van der Waals surface area contributed by atoms with Gasteiger partial charge < -0.3 is 10.6 Å². The first-order valence-electron chi connectivity index (χ1n) is 7.77. The van der Waals surface area contributed by atoms with Crippen molar-refractivity contribution < 1.29 is 0 Å². The molecule has 3 nitrogen and oxygen atoms in total. The Labute approximate surface area is 145 Å². The molecule has 0 saturated carbocycles. The van der Waals surface area contributed by atoms with Crippen LogP contribution >= 0.6 is 23.6 Å². The van der Waals surface area contributed by atoms with Crippen LogP contribution in [0.25, 0.3) is 20.8 Å². The molecule has 0 saturated heterocycles. The molecule has 0 radical (unpaired) electrons. The Kier molecular flexibility index (Phi) is 5.20. The largest absolute Gasteiger partial charge is 0.362 e. The normalized spacial score (nSPS) is 10.7. The summed E-state index contributed by atoms with van der Waals surface area (Å²) < 4.78 is 1.21. The lowest BCUT2D eigenvalue weighted by molar-refractivity contribution is 0.758. The van der Waals surface area contributed by atoms with Gasteiger partial charge >= 0.3 is 0 Å². The minimum Gasteiger partial charge on any atom is -0.362 e. The fraction of sp³-hybridized carbons (Fsp3) is 0.222. The third-order valence-corrected chi connectivity index (χ3v) is 4.81. The van der Waals surface area contributed by atoms with Gasteiger partial charge in [0.2, 0.25) is 0 Å². The summed E-state index contributed by atoms with van der Waals surface area (Å²) in [5.41, 5.74) is 3.13. The molecule has 0 aliphatic carbocycles. The molecule has 2 aromatic carbocycles. The van der Waals surface area contributed by atoms with Gasteiger partial charge in [-0.25, -0.2) is 4.98 Å². The van der Waals surface area contributed by atoms with Crippen molar-refractivity contribution in [2.45, 2.75) is 19.8 Å². The van der Waals surface area contributed by atoms with E-state index >= 15 is 0 Å². The van der Waals surface area contributed by atoms with Crippen LogP contribution in [0.15, 0.2) is 48.5 Å². The van der Waals surface area contributed by atoms with Crippen molar-refractivity contribution in [2.75, 3.05) is 11.9 Å². The van der Waals surface area contributed by atoms with E-state index < -0.39 is 0 Å². The van der Waals surface area contributed by atoms with Gasteiger partial charge in [0.1, 0.15) is 5.01 Å². The van der Waals surface area contributed by atoms with E-state index in [1.807, 2.05) is 30.3 Å². The van der Waals surface area contributed by atoms with Crippen LogP contribution < -0.4 is 10.6 Å². The summed E-state index contributed by atoms with van der Waals surface area (Å²) in [7, 11) is 0. The zero-order valence-electron chi connectivity index (χ0n) is 13.0. The van der Waals surface area contributed by atoms with Crippen molar-refractivity contribution in [1.82, 2.24) is 10.3 Å². The van der Waals surface area contributed by atoms with Crippen molar-refractivity contribution in [3.63, 3.8) is 0 Å². The Morgan fingerprint density at radius 1 is 1.17 bits per heavy atom. The summed E-state index contributed by atoms with van der Waals surface area (Å²) in [5, 5.41) is 8.16. The van der Waals surface area contributed by atoms with Gasteiger partial charge in [-0.3, -0.25) is 0 Å². The molecule has 1 heterocycles. The second kappa shape index (κ2) is 7.53. The van der Waals surface area contributed by atoms with E-state index in [0.717, 1.165) is 41.2 Å². The number of hydrogen-bond donors (Lipinski definition) is 2. The molecule has 0 bridgehead atoms. The quantitative estimate of drug-likeness (QED) is 0.503. The fourth-order valence-electron chi connectivity index (χ4n) is 2.28. The highest BCUT2D eigenvalue weighted by Gasteiger charge is 2.07. The molecule has 3 aromatic rings. The molecule has 23 heavy (non-hydrogen) atoms. The first-order chi connectivity index (χ1) is 11.3. The second-order valence-corrected chi connectivity index (χ2v) is 6.74. The molecular weight excluding hydrogens is 322 g/mol. The number of nitrogens with zero attached hydrogens (tertiary/aromatic N) is 1. The number of thiocarbonyl (C=S) groups is 1. The maximum atomic E-state index is 5.33. The Morgan fingerprint density at radius 3 is 2.87 bits per heavy atom. The number of unbranched alkanes of at least 4 members (excludes halogenated alkanes) is 1. The van der Waals surface area contributed by atoms with Crippen molar-refractivity contribution in [1.29, 1.82) is 0 Å². The van der Waals surface area contributed by atoms with Gasteiger partial charge in [-0.2, -0.15) is 0 Å². The maximum absolute atomic E-state index is 5.33. The summed E-state index contributed by atoms with van der Waals surface area (Å²) in [4.78, 5) is 4.71. The number of benzene rings is 2. The predicted octanol–water partition coefficient (Wildman–Crippen LogP) is 5.05. The smallest absolute Gasteiger partial charge is 0.170 e. The van der Waals surface area contributed by atoms with E-state index in [-0.39, 0.29) is 0 Å². The lowest BCUT2D eigenvalue weighted by atomic mass is 10.2. The predicted molar refractivity (Wildman–Crippen MR) is 104 cm³/mol. The van der Waals surface area contributed by atoms with Gasteiger partial charge in [-0.1, -0.05) is 37.6 Å². The zero-order valence-corrected chi connectivity index (χ0v) is 14.6. The monoisotopic (exact) mass is 341 g/mol. The number of nitrogens with one attached hydrogen (secondary N) is 2. The molecule has 0 aliphatic heterocycles. The van der Waals surface area contributed by atoms with Crippen LogP contribution in [0.2, 0.25) is 0 Å². The van der Waals surface area contributed by atoms with Gasteiger partial charge in [-0.15, -0.1) is 11.3 Å². The fourth-order valence-corrected chi connectivity index (χ4v) is 3.46. The summed E-state index contributed by atoms with van der Waals surface area (Å²) in [5.74, 6) is 0. The van der Waals surface area contributed by atoms with Gasteiger partial charge in [0.15, 0.2) is 5.11 Å². The zero-order chi connectivity index (χ0) is 16.1. The molecule has 118 valence electrons. The minimum absolute atomic E-state index is 0.667. The Balaban J connectivity index is 1.75.